The van der Waals surface area contributed by atoms with Gasteiger partial charge in [-0.25, -0.2) is 0 Å². The number of primary amides is 1. The Balaban J connectivity index is 2.69. The van der Waals surface area contributed by atoms with E-state index in [2.05, 4.69) is 10.3 Å². The number of pyridine rings is 1. The van der Waals surface area contributed by atoms with Crippen LogP contribution in [0.25, 0.3) is 0 Å². The number of nitrogens with zero attached hydrogens (tertiary/aromatic N) is 1. The molecule has 0 aliphatic rings. The molecule has 1 atom stereocenters. The van der Waals surface area contributed by atoms with Crippen molar-refractivity contribution in [3.05, 3.63) is 24.0 Å². The first-order chi connectivity index (χ1) is 6.59. The fraction of sp³-hybridized carbons (Fsp3) is 0.333. The SMILES string of the molecule is CC(O)CNc1ccnc(C(N)=O)c1. The van der Waals surface area contributed by atoms with Crippen molar-refractivity contribution in [2.24, 2.45) is 5.73 Å². The summed E-state index contributed by atoms with van der Waals surface area (Å²) in [4.78, 5) is 14.6. The second kappa shape index (κ2) is 4.57. The normalized spacial score (nSPS) is 12.1. The molecule has 0 spiro atoms. The number of hydrogen-bond donors (Lipinski definition) is 3. The van der Waals surface area contributed by atoms with Crippen LogP contribution in [-0.2, 0) is 0 Å². The molecule has 1 rings (SSSR count). The van der Waals surface area contributed by atoms with Gasteiger partial charge in [-0.15, -0.1) is 0 Å². The highest BCUT2D eigenvalue weighted by Crippen LogP contribution is 2.07. The zero-order valence-electron chi connectivity index (χ0n) is 7.90. The maximum absolute atomic E-state index is 10.8. The van der Waals surface area contributed by atoms with Crippen molar-refractivity contribution in [1.29, 1.82) is 0 Å². The highest BCUT2D eigenvalue weighted by atomic mass is 16.3. The molecule has 1 aromatic heterocycles. The molecule has 5 heteroatoms. The number of nitrogens with one attached hydrogen (secondary N) is 1. The molecule has 14 heavy (non-hydrogen) atoms. The van der Waals surface area contributed by atoms with Crippen LogP contribution in [0, 0.1) is 0 Å². The number of amides is 1. The Morgan fingerprint density at radius 3 is 3.07 bits per heavy atom. The third-order valence-corrected chi connectivity index (χ3v) is 1.61. The van der Waals surface area contributed by atoms with Crippen LogP contribution >= 0.6 is 0 Å². The number of aromatic nitrogens is 1. The first kappa shape index (κ1) is 10.5. The first-order valence-electron chi connectivity index (χ1n) is 4.27. The number of hydrogen-bond acceptors (Lipinski definition) is 4. The maximum Gasteiger partial charge on any atom is 0.267 e. The van der Waals surface area contributed by atoms with Gasteiger partial charge in [-0.3, -0.25) is 9.78 Å². The monoisotopic (exact) mass is 195 g/mol. The third-order valence-electron chi connectivity index (χ3n) is 1.61. The second-order valence-electron chi connectivity index (χ2n) is 3.02. The molecule has 1 unspecified atom stereocenters. The van der Waals surface area contributed by atoms with E-state index in [1.54, 1.807) is 19.1 Å². The van der Waals surface area contributed by atoms with Crippen molar-refractivity contribution in [3.8, 4) is 0 Å². The molecule has 1 heterocycles. The largest absolute Gasteiger partial charge is 0.392 e. The average Bonchev–Trinajstić information content (AvgIpc) is 2.15. The standard InChI is InChI=1S/C9H13N3O2/c1-6(13)5-12-7-2-3-11-8(4-7)9(10)14/h2-4,6,13H,5H2,1H3,(H2,10,14)(H,11,12). The van der Waals surface area contributed by atoms with Crippen LogP contribution in [0.4, 0.5) is 5.69 Å². The second-order valence-corrected chi connectivity index (χ2v) is 3.02. The summed E-state index contributed by atoms with van der Waals surface area (Å²) in [5.74, 6) is -0.564. The minimum Gasteiger partial charge on any atom is -0.392 e. The third kappa shape index (κ3) is 3.02. The number of anilines is 1. The summed E-state index contributed by atoms with van der Waals surface area (Å²) >= 11 is 0. The lowest BCUT2D eigenvalue weighted by atomic mass is 10.3. The van der Waals surface area contributed by atoms with Crippen LogP contribution < -0.4 is 11.1 Å². The van der Waals surface area contributed by atoms with Crippen LogP contribution in [0.2, 0.25) is 0 Å². The van der Waals surface area contributed by atoms with Gasteiger partial charge in [-0.1, -0.05) is 0 Å². The predicted molar refractivity (Wildman–Crippen MR) is 52.9 cm³/mol. The Bertz CT molecular complexity index is 326. The summed E-state index contributed by atoms with van der Waals surface area (Å²) in [6.45, 7) is 2.09. The molecule has 0 aromatic carbocycles. The van der Waals surface area contributed by atoms with Gasteiger partial charge in [0.1, 0.15) is 5.69 Å². The van der Waals surface area contributed by atoms with Crippen LogP contribution in [0.3, 0.4) is 0 Å². The lowest BCUT2D eigenvalue weighted by Gasteiger charge is -2.08. The van der Waals surface area contributed by atoms with Gasteiger partial charge in [0.05, 0.1) is 6.10 Å². The molecule has 0 bridgehead atoms. The zero-order chi connectivity index (χ0) is 10.6. The molecule has 0 aliphatic heterocycles. The van der Waals surface area contributed by atoms with Gasteiger partial charge < -0.3 is 16.2 Å². The fourth-order valence-electron chi connectivity index (χ4n) is 0.941. The van der Waals surface area contributed by atoms with Crippen molar-refractivity contribution >= 4 is 11.6 Å². The molecule has 76 valence electrons. The van der Waals surface area contributed by atoms with Crippen molar-refractivity contribution in [3.63, 3.8) is 0 Å². The zero-order valence-corrected chi connectivity index (χ0v) is 7.90. The topological polar surface area (TPSA) is 88.2 Å². The van der Waals surface area contributed by atoms with E-state index in [-0.39, 0.29) is 5.69 Å². The lowest BCUT2D eigenvalue weighted by Crippen LogP contribution is -2.17. The Kier molecular flexibility index (Phi) is 3.41. The highest BCUT2D eigenvalue weighted by Gasteiger charge is 2.02. The molecule has 0 aliphatic carbocycles. The molecule has 0 radical (unpaired) electrons. The van der Waals surface area contributed by atoms with Crippen LogP contribution in [-0.4, -0.2) is 28.6 Å². The predicted octanol–water partition coefficient (Wildman–Crippen LogP) is -0.0268. The van der Waals surface area contributed by atoms with E-state index in [0.29, 0.717) is 6.54 Å². The summed E-state index contributed by atoms with van der Waals surface area (Å²) in [6, 6.07) is 3.25. The minimum atomic E-state index is -0.564. The van der Waals surface area contributed by atoms with E-state index in [0.717, 1.165) is 5.69 Å². The Morgan fingerprint density at radius 1 is 1.79 bits per heavy atom. The molecule has 0 fully saturated rings. The molecule has 1 amide bonds. The number of carbonyl (C=O) groups excluding carboxylic acids is 1. The van der Waals surface area contributed by atoms with E-state index in [9.17, 15) is 4.79 Å². The number of aliphatic hydroxyl groups is 1. The van der Waals surface area contributed by atoms with Crippen molar-refractivity contribution in [1.82, 2.24) is 4.98 Å². The van der Waals surface area contributed by atoms with Crippen molar-refractivity contribution in [2.45, 2.75) is 13.0 Å². The maximum atomic E-state index is 10.8. The molecular formula is C9H13N3O2. The molecule has 4 N–H and O–H groups in total. The van der Waals surface area contributed by atoms with Crippen LogP contribution in [0.15, 0.2) is 18.3 Å². The Hall–Kier alpha value is -1.62. The van der Waals surface area contributed by atoms with E-state index in [1.165, 1.54) is 6.20 Å². The molecular weight excluding hydrogens is 182 g/mol. The van der Waals surface area contributed by atoms with E-state index in [4.69, 9.17) is 10.8 Å². The summed E-state index contributed by atoms with van der Waals surface area (Å²) in [5.41, 5.74) is 5.99. The number of aliphatic hydroxyl groups excluding tert-OH is 1. The molecule has 5 nitrogen and oxygen atoms in total. The van der Waals surface area contributed by atoms with E-state index >= 15 is 0 Å². The first-order valence-corrected chi connectivity index (χ1v) is 4.27. The highest BCUT2D eigenvalue weighted by molar-refractivity contribution is 5.91. The van der Waals surface area contributed by atoms with Gasteiger partial charge in [0.2, 0.25) is 0 Å². The quantitative estimate of drug-likeness (QED) is 0.629. The van der Waals surface area contributed by atoms with E-state index in [1.807, 2.05) is 0 Å². The summed E-state index contributed by atoms with van der Waals surface area (Å²) in [7, 11) is 0. The molecule has 0 saturated heterocycles. The number of carbonyl (C=O) groups is 1. The Morgan fingerprint density at radius 2 is 2.50 bits per heavy atom. The summed E-state index contributed by atoms with van der Waals surface area (Å²) in [6.07, 6.45) is 1.05. The van der Waals surface area contributed by atoms with Gasteiger partial charge in [-0.05, 0) is 19.1 Å². The minimum absolute atomic E-state index is 0.209. The van der Waals surface area contributed by atoms with Gasteiger partial charge in [0, 0.05) is 18.4 Å². The lowest BCUT2D eigenvalue weighted by molar-refractivity contribution is 0.0995. The Labute approximate surface area is 82.0 Å². The summed E-state index contributed by atoms with van der Waals surface area (Å²) < 4.78 is 0. The van der Waals surface area contributed by atoms with Crippen LogP contribution in [0.5, 0.6) is 0 Å². The van der Waals surface area contributed by atoms with Crippen LogP contribution in [0.1, 0.15) is 17.4 Å². The molecule has 0 saturated carbocycles. The van der Waals surface area contributed by atoms with Gasteiger partial charge >= 0.3 is 0 Å². The van der Waals surface area contributed by atoms with Gasteiger partial charge in [0.25, 0.3) is 5.91 Å². The van der Waals surface area contributed by atoms with Gasteiger partial charge in [0.15, 0.2) is 0 Å². The number of rotatable bonds is 4. The fourth-order valence-corrected chi connectivity index (χ4v) is 0.941. The molecule has 1 aromatic rings. The van der Waals surface area contributed by atoms with Crippen molar-refractivity contribution < 1.29 is 9.90 Å². The summed E-state index contributed by atoms with van der Waals surface area (Å²) in [5, 5.41) is 12.0. The van der Waals surface area contributed by atoms with Gasteiger partial charge in [-0.2, -0.15) is 0 Å². The average molecular weight is 195 g/mol. The number of nitrogens with two attached hydrogens (primary N) is 1. The smallest absolute Gasteiger partial charge is 0.267 e. The van der Waals surface area contributed by atoms with E-state index < -0.39 is 12.0 Å². The van der Waals surface area contributed by atoms with Crippen molar-refractivity contribution in [2.75, 3.05) is 11.9 Å².